The van der Waals surface area contributed by atoms with Crippen LogP contribution >= 0.6 is 11.8 Å². The van der Waals surface area contributed by atoms with E-state index < -0.39 is 17.6 Å². The molecule has 3 heterocycles. The Morgan fingerprint density at radius 2 is 1.97 bits per heavy atom. The van der Waals surface area contributed by atoms with Crippen LogP contribution in [0.15, 0.2) is 65.8 Å². The van der Waals surface area contributed by atoms with Crippen LogP contribution in [-0.4, -0.2) is 49.3 Å². The van der Waals surface area contributed by atoms with E-state index in [0.29, 0.717) is 29.0 Å². The summed E-state index contributed by atoms with van der Waals surface area (Å²) in [5.74, 6) is 0.465. The van der Waals surface area contributed by atoms with Crippen molar-refractivity contribution in [2.24, 2.45) is 0 Å². The summed E-state index contributed by atoms with van der Waals surface area (Å²) in [5, 5.41) is 18.5. The number of rotatable bonds is 8. The smallest absolute Gasteiger partial charge is 0.377 e. The maximum absolute atomic E-state index is 13.4. The Kier molecular flexibility index (Phi) is 7.28. The van der Waals surface area contributed by atoms with Crippen LogP contribution in [0.5, 0.6) is 0 Å². The lowest BCUT2D eigenvalue weighted by molar-refractivity contribution is -0.137. The van der Waals surface area contributed by atoms with Gasteiger partial charge < -0.3 is 10.1 Å². The van der Waals surface area contributed by atoms with E-state index >= 15 is 0 Å². The Labute approximate surface area is 214 Å². The van der Waals surface area contributed by atoms with Gasteiger partial charge in [-0.05, 0) is 37.1 Å². The topological polar surface area (TPSA) is 97.7 Å². The van der Waals surface area contributed by atoms with Crippen LogP contribution in [-0.2, 0) is 17.5 Å². The number of nitrogens with one attached hydrogen (secondary N) is 2. The van der Waals surface area contributed by atoms with E-state index in [9.17, 15) is 18.0 Å². The third kappa shape index (κ3) is 5.86. The molecular weight excluding hydrogens is 505 g/mol. The molecule has 0 aliphatic carbocycles. The average molecular weight is 529 g/mol. The molecule has 2 aromatic heterocycles. The molecule has 0 saturated carbocycles. The molecule has 1 aliphatic heterocycles. The second-order valence-electron chi connectivity index (χ2n) is 8.44. The zero-order valence-corrected chi connectivity index (χ0v) is 20.4. The van der Waals surface area contributed by atoms with Crippen molar-refractivity contribution in [3.05, 3.63) is 77.7 Å². The highest BCUT2D eigenvalue weighted by Gasteiger charge is 2.31. The zero-order valence-electron chi connectivity index (χ0n) is 19.5. The second-order valence-corrected chi connectivity index (χ2v) is 9.43. The molecule has 2 N–H and O–H groups in total. The van der Waals surface area contributed by atoms with Gasteiger partial charge in [-0.3, -0.25) is 14.5 Å². The highest BCUT2D eigenvalue weighted by Crippen LogP contribution is 2.32. The van der Waals surface area contributed by atoms with E-state index in [1.54, 1.807) is 12.1 Å². The minimum atomic E-state index is -4.50. The Bertz CT molecular complexity index is 1370. The first kappa shape index (κ1) is 25.0. The molecule has 0 bridgehead atoms. The van der Waals surface area contributed by atoms with Crippen molar-refractivity contribution in [3.8, 4) is 16.9 Å². The normalized spacial score (nSPS) is 15.7. The monoisotopic (exact) mass is 528 g/mol. The number of H-pyrrole nitrogens is 1. The minimum Gasteiger partial charge on any atom is -0.377 e. The summed E-state index contributed by atoms with van der Waals surface area (Å²) in [5.41, 5.74) is 1.19. The number of halogens is 3. The largest absolute Gasteiger partial charge is 0.416 e. The van der Waals surface area contributed by atoms with Gasteiger partial charge in [0.2, 0.25) is 0 Å². The molecule has 1 fully saturated rings. The Balaban J connectivity index is 1.37. The molecule has 1 saturated heterocycles. The highest BCUT2D eigenvalue weighted by atomic mass is 32.2. The molecule has 192 valence electrons. The second kappa shape index (κ2) is 10.8. The van der Waals surface area contributed by atoms with Crippen molar-refractivity contribution in [1.82, 2.24) is 30.3 Å². The van der Waals surface area contributed by atoms with Crippen LogP contribution in [0.4, 0.5) is 13.2 Å². The number of amides is 1. The fourth-order valence-electron chi connectivity index (χ4n) is 3.98. The third-order valence-corrected chi connectivity index (χ3v) is 6.91. The molecule has 1 amide bonds. The van der Waals surface area contributed by atoms with Crippen LogP contribution in [0.1, 0.15) is 34.7 Å². The number of ether oxygens (including phenoxy) is 1. The lowest BCUT2D eigenvalue weighted by Crippen LogP contribution is -2.25. The van der Waals surface area contributed by atoms with Gasteiger partial charge in [0.05, 0.1) is 29.6 Å². The quantitative estimate of drug-likeness (QED) is 0.317. The van der Waals surface area contributed by atoms with Gasteiger partial charge in [-0.1, -0.05) is 48.2 Å². The van der Waals surface area contributed by atoms with Crippen LogP contribution in [0, 0.1) is 0 Å². The predicted octanol–water partition coefficient (Wildman–Crippen LogP) is 4.88. The summed E-state index contributed by atoms with van der Waals surface area (Å²) in [4.78, 5) is 12.8. The first-order valence-electron chi connectivity index (χ1n) is 11.6. The first-order valence-corrected chi connectivity index (χ1v) is 12.6. The number of carbonyl (C=O) groups excluding carboxylic acids is 1. The summed E-state index contributed by atoms with van der Waals surface area (Å²) < 4.78 is 47.4. The van der Waals surface area contributed by atoms with Gasteiger partial charge in [0.25, 0.3) is 5.91 Å². The number of nitrogens with zero attached hydrogens (tertiary/aromatic N) is 4. The lowest BCUT2D eigenvalue weighted by Gasteiger charge is -2.14. The number of alkyl halides is 3. The predicted molar refractivity (Wildman–Crippen MR) is 131 cm³/mol. The number of carbonyl (C=O) groups is 1. The van der Waals surface area contributed by atoms with E-state index in [0.717, 1.165) is 30.5 Å². The third-order valence-electron chi connectivity index (χ3n) is 5.85. The maximum Gasteiger partial charge on any atom is 0.416 e. The fourth-order valence-corrected chi connectivity index (χ4v) is 5.02. The van der Waals surface area contributed by atoms with Gasteiger partial charge in [0.1, 0.15) is 5.69 Å². The van der Waals surface area contributed by atoms with E-state index in [1.165, 1.54) is 22.4 Å². The zero-order chi connectivity index (χ0) is 25.8. The van der Waals surface area contributed by atoms with E-state index in [1.807, 2.05) is 30.3 Å². The van der Waals surface area contributed by atoms with Crippen molar-refractivity contribution >= 4 is 17.7 Å². The number of aromatic amines is 1. The lowest BCUT2D eigenvalue weighted by atomic mass is 10.1. The molecule has 0 radical (unpaired) electrons. The summed E-state index contributed by atoms with van der Waals surface area (Å²) in [6.07, 6.45) is -2.55. The van der Waals surface area contributed by atoms with Gasteiger partial charge in [-0.15, -0.1) is 10.2 Å². The number of thioether (sulfide) groups is 1. The SMILES string of the molecule is O=C(NCc1nnc(SCC2CCCO2)n1-c1cccc(C(F)(F)F)c1)c1cc(-c2ccccc2)n[nH]1. The highest BCUT2D eigenvalue weighted by molar-refractivity contribution is 7.99. The van der Waals surface area contributed by atoms with Gasteiger partial charge in [-0.25, -0.2) is 0 Å². The van der Waals surface area contributed by atoms with Crippen molar-refractivity contribution in [1.29, 1.82) is 0 Å². The molecule has 1 atom stereocenters. The standard InChI is InChI=1S/C25H23F3N6O2S/c26-25(27,28)17-8-4-9-18(12-17)34-22(32-33-24(34)37-15-19-10-5-11-36-19)14-29-23(35)21-13-20(30-31-21)16-6-2-1-3-7-16/h1-4,6-9,12-13,19H,5,10-11,14-15H2,(H,29,35)(H,30,31). The maximum atomic E-state index is 13.4. The molecule has 37 heavy (non-hydrogen) atoms. The summed E-state index contributed by atoms with van der Waals surface area (Å²) in [6.45, 7) is 0.644. The Morgan fingerprint density at radius 1 is 1.14 bits per heavy atom. The molecule has 1 aliphatic rings. The van der Waals surface area contributed by atoms with Crippen molar-refractivity contribution in [2.75, 3.05) is 12.4 Å². The number of aromatic nitrogens is 5. The molecule has 1 unspecified atom stereocenters. The molecule has 5 rings (SSSR count). The van der Waals surface area contributed by atoms with Crippen LogP contribution < -0.4 is 5.32 Å². The van der Waals surface area contributed by atoms with Crippen molar-refractivity contribution < 1.29 is 22.7 Å². The summed E-state index contributed by atoms with van der Waals surface area (Å²) in [7, 11) is 0. The van der Waals surface area contributed by atoms with Gasteiger partial charge in [0.15, 0.2) is 11.0 Å². The number of hydrogen-bond acceptors (Lipinski definition) is 6. The average Bonchev–Trinajstić information content (AvgIpc) is 3.67. The first-order chi connectivity index (χ1) is 17.9. The summed E-state index contributed by atoms with van der Waals surface area (Å²) in [6, 6.07) is 16.0. The molecule has 12 heteroatoms. The van der Waals surface area contributed by atoms with Gasteiger partial charge in [0, 0.05) is 17.9 Å². The van der Waals surface area contributed by atoms with Gasteiger partial charge >= 0.3 is 6.18 Å². The van der Waals surface area contributed by atoms with Crippen molar-refractivity contribution in [2.45, 2.75) is 36.8 Å². The molecule has 4 aromatic rings. The molecular formula is C25H23F3N6O2S. The molecule has 2 aromatic carbocycles. The number of hydrogen-bond donors (Lipinski definition) is 2. The van der Waals surface area contributed by atoms with E-state index in [4.69, 9.17) is 4.74 Å². The summed E-state index contributed by atoms with van der Waals surface area (Å²) >= 11 is 1.36. The molecule has 0 spiro atoms. The number of benzene rings is 2. The van der Waals surface area contributed by atoms with Crippen LogP contribution in [0.3, 0.4) is 0 Å². The minimum absolute atomic E-state index is 0.0533. The molecule has 8 nitrogen and oxygen atoms in total. The van der Waals surface area contributed by atoms with Crippen LogP contribution in [0.25, 0.3) is 16.9 Å². The van der Waals surface area contributed by atoms with Crippen LogP contribution in [0.2, 0.25) is 0 Å². The Morgan fingerprint density at radius 3 is 2.73 bits per heavy atom. The van der Waals surface area contributed by atoms with E-state index in [-0.39, 0.29) is 24.0 Å². The Hall–Kier alpha value is -3.64. The van der Waals surface area contributed by atoms with Crippen molar-refractivity contribution in [3.63, 3.8) is 0 Å². The van der Waals surface area contributed by atoms with E-state index in [2.05, 4.69) is 25.7 Å². The van der Waals surface area contributed by atoms with Gasteiger partial charge in [-0.2, -0.15) is 18.3 Å². The fraction of sp³-hybridized carbons (Fsp3) is 0.280.